The molecule has 2 aromatic carbocycles. The van der Waals surface area contributed by atoms with Gasteiger partial charge in [0.05, 0.1) is 0 Å². The van der Waals surface area contributed by atoms with Gasteiger partial charge in [0, 0.05) is 5.69 Å². The Kier molecular flexibility index (Phi) is 3.98. The van der Waals surface area contributed by atoms with Gasteiger partial charge in [0.2, 0.25) is 6.79 Å². The molecule has 2 aromatic rings. The molecule has 0 radical (unpaired) electrons. The first-order chi connectivity index (χ1) is 11.2. The third kappa shape index (κ3) is 3.16. The van der Waals surface area contributed by atoms with Crippen molar-refractivity contribution >= 4 is 17.7 Å². The number of benzene rings is 2. The maximum absolute atomic E-state index is 12.3. The van der Waals surface area contributed by atoms with Gasteiger partial charge >= 0.3 is 0 Å². The lowest BCUT2D eigenvalue weighted by molar-refractivity contribution is -0.112. The zero-order chi connectivity index (χ0) is 16.2. The summed E-state index contributed by atoms with van der Waals surface area (Å²) in [5.74, 6) is 0.819. The highest BCUT2D eigenvalue weighted by Gasteiger charge is 2.14. The summed E-state index contributed by atoms with van der Waals surface area (Å²) in [6, 6.07) is 14.6. The average Bonchev–Trinajstić information content (AvgIpc) is 3.02. The van der Waals surface area contributed by atoms with E-state index in [1.165, 1.54) is 6.08 Å². The molecule has 0 unspecified atom stereocenters. The fraction of sp³-hybridized carbons (Fsp3) is 0.111. The van der Waals surface area contributed by atoms with Crippen molar-refractivity contribution in [2.75, 3.05) is 12.1 Å². The Morgan fingerprint density at radius 1 is 1.22 bits per heavy atom. The van der Waals surface area contributed by atoms with E-state index in [1.807, 2.05) is 31.2 Å². The van der Waals surface area contributed by atoms with E-state index in [0.29, 0.717) is 22.7 Å². The molecule has 0 spiro atoms. The van der Waals surface area contributed by atoms with E-state index in [4.69, 9.17) is 9.47 Å². The number of fused-ring (bicyclic) bond motifs is 1. The number of nitrogens with one attached hydrogen (secondary N) is 1. The molecular weight excluding hydrogens is 292 g/mol. The second kappa shape index (κ2) is 6.24. The number of para-hydroxylation sites is 1. The number of carbonyl (C=O) groups excluding carboxylic acids is 1. The normalized spacial score (nSPS) is 12.6. The first-order valence-corrected chi connectivity index (χ1v) is 7.06. The third-order valence-electron chi connectivity index (χ3n) is 3.47. The molecule has 0 atom stereocenters. The number of amides is 1. The van der Waals surface area contributed by atoms with Crippen LogP contribution in [0.5, 0.6) is 11.5 Å². The van der Waals surface area contributed by atoms with E-state index in [9.17, 15) is 10.1 Å². The van der Waals surface area contributed by atoms with E-state index < -0.39 is 5.91 Å². The molecule has 5 nitrogen and oxygen atoms in total. The number of carbonyl (C=O) groups is 1. The Bertz CT molecular complexity index is 834. The molecule has 1 N–H and O–H groups in total. The van der Waals surface area contributed by atoms with Crippen molar-refractivity contribution in [1.29, 1.82) is 5.26 Å². The minimum absolute atomic E-state index is 0.0205. The van der Waals surface area contributed by atoms with E-state index in [1.54, 1.807) is 24.3 Å². The van der Waals surface area contributed by atoms with Gasteiger partial charge in [0.15, 0.2) is 11.5 Å². The molecule has 1 heterocycles. The van der Waals surface area contributed by atoms with Gasteiger partial charge in [-0.05, 0) is 42.3 Å². The van der Waals surface area contributed by atoms with Crippen molar-refractivity contribution in [3.05, 3.63) is 59.2 Å². The number of hydrogen-bond acceptors (Lipinski definition) is 4. The van der Waals surface area contributed by atoms with Gasteiger partial charge in [-0.15, -0.1) is 0 Å². The van der Waals surface area contributed by atoms with E-state index in [0.717, 1.165) is 5.56 Å². The predicted octanol–water partition coefficient (Wildman–Crippen LogP) is 3.27. The van der Waals surface area contributed by atoms with Gasteiger partial charge in [-0.3, -0.25) is 4.79 Å². The Morgan fingerprint density at radius 2 is 2.00 bits per heavy atom. The second-order valence-electron chi connectivity index (χ2n) is 5.05. The topological polar surface area (TPSA) is 71.4 Å². The number of anilines is 1. The first-order valence-electron chi connectivity index (χ1n) is 7.06. The lowest BCUT2D eigenvalue weighted by atomic mass is 10.1. The fourth-order valence-corrected chi connectivity index (χ4v) is 2.22. The Balaban J connectivity index is 1.83. The molecule has 5 heteroatoms. The lowest BCUT2D eigenvalue weighted by Crippen LogP contribution is -2.14. The van der Waals surface area contributed by atoms with Crippen LogP contribution in [-0.2, 0) is 4.79 Å². The highest BCUT2D eigenvalue weighted by atomic mass is 16.7. The van der Waals surface area contributed by atoms with Gasteiger partial charge in [-0.2, -0.15) is 5.26 Å². The summed E-state index contributed by atoms with van der Waals surface area (Å²) in [4.78, 5) is 12.3. The third-order valence-corrected chi connectivity index (χ3v) is 3.47. The summed E-state index contributed by atoms with van der Waals surface area (Å²) < 4.78 is 10.5. The Morgan fingerprint density at radius 3 is 2.78 bits per heavy atom. The summed E-state index contributed by atoms with van der Waals surface area (Å²) >= 11 is 0. The molecule has 0 fully saturated rings. The largest absolute Gasteiger partial charge is 0.454 e. The fourth-order valence-electron chi connectivity index (χ4n) is 2.22. The van der Waals surface area contributed by atoms with Crippen molar-refractivity contribution in [2.24, 2.45) is 0 Å². The number of rotatable bonds is 3. The average molecular weight is 306 g/mol. The number of nitriles is 1. The van der Waals surface area contributed by atoms with E-state index in [2.05, 4.69) is 5.32 Å². The maximum atomic E-state index is 12.3. The summed E-state index contributed by atoms with van der Waals surface area (Å²) in [5.41, 5.74) is 2.34. The van der Waals surface area contributed by atoms with E-state index in [-0.39, 0.29) is 12.4 Å². The zero-order valence-corrected chi connectivity index (χ0v) is 12.5. The second-order valence-corrected chi connectivity index (χ2v) is 5.05. The molecule has 0 saturated heterocycles. The van der Waals surface area contributed by atoms with Crippen LogP contribution < -0.4 is 14.8 Å². The van der Waals surface area contributed by atoms with Crippen molar-refractivity contribution in [3.8, 4) is 17.6 Å². The molecule has 114 valence electrons. The van der Waals surface area contributed by atoms with Crippen LogP contribution in [0, 0.1) is 18.3 Å². The Hall–Kier alpha value is -3.26. The number of hydrogen-bond donors (Lipinski definition) is 1. The standard InChI is InChI=1S/C18H14N2O3/c1-12-4-2-3-5-15(12)20-18(21)14(10-19)8-13-6-7-16-17(9-13)23-11-22-16/h2-9H,11H2,1H3,(H,20,21). The predicted molar refractivity (Wildman–Crippen MR) is 86.0 cm³/mol. The maximum Gasteiger partial charge on any atom is 0.266 e. The molecular formula is C18H14N2O3. The number of nitrogens with zero attached hydrogens (tertiary/aromatic N) is 1. The summed E-state index contributed by atoms with van der Waals surface area (Å²) in [7, 11) is 0. The lowest BCUT2D eigenvalue weighted by Gasteiger charge is -2.07. The van der Waals surface area contributed by atoms with Crippen LogP contribution in [0.2, 0.25) is 0 Å². The van der Waals surface area contributed by atoms with Crippen molar-refractivity contribution in [1.82, 2.24) is 0 Å². The number of aryl methyl sites for hydroxylation is 1. The van der Waals surface area contributed by atoms with Crippen LogP contribution in [0.4, 0.5) is 5.69 Å². The zero-order valence-electron chi connectivity index (χ0n) is 12.5. The van der Waals surface area contributed by atoms with Gasteiger partial charge in [-0.1, -0.05) is 24.3 Å². The quantitative estimate of drug-likeness (QED) is 0.698. The van der Waals surface area contributed by atoms with Gasteiger partial charge in [0.25, 0.3) is 5.91 Å². The van der Waals surface area contributed by atoms with Crippen LogP contribution in [0.15, 0.2) is 48.0 Å². The summed E-state index contributed by atoms with van der Waals surface area (Å²) in [5, 5.41) is 12.0. The van der Waals surface area contributed by atoms with Gasteiger partial charge < -0.3 is 14.8 Å². The highest BCUT2D eigenvalue weighted by Crippen LogP contribution is 2.33. The summed E-state index contributed by atoms with van der Waals surface area (Å²) in [6.07, 6.45) is 1.52. The number of ether oxygens (including phenoxy) is 2. The Labute approximate surface area is 133 Å². The highest BCUT2D eigenvalue weighted by molar-refractivity contribution is 6.10. The molecule has 0 bridgehead atoms. The molecule has 1 aliphatic heterocycles. The molecule has 1 amide bonds. The van der Waals surface area contributed by atoms with Crippen molar-refractivity contribution < 1.29 is 14.3 Å². The van der Waals surface area contributed by atoms with Crippen LogP contribution in [-0.4, -0.2) is 12.7 Å². The minimum atomic E-state index is -0.445. The first kappa shape index (κ1) is 14.7. The van der Waals surface area contributed by atoms with Crippen molar-refractivity contribution in [3.63, 3.8) is 0 Å². The van der Waals surface area contributed by atoms with Gasteiger partial charge in [0.1, 0.15) is 11.6 Å². The molecule has 1 aliphatic rings. The van der Waals surface area contributed by atoms with Gasteiger partial charge in [-0.25, -0.2) is 0 Å². The van der Waals surface area contributed by atoms with Crippen LogP contribution in [0.1, 0.15) is 11.1 Å². The van der Waals surface area contributed by atoms with Crippen LogP contribution in [0.3, 0.4) is 0 Å². The molecule has 0 aromatic heterocycles. The monoisotopic (exact) mass is 306 g/mol. The smallest absolute Gasteiger partial charge is 0.266 e. The molecule has 0 saturated carbocycles. The minimum Gasteiger partial charge on any atom is -0.454 e. The van der Waals surface area contributed by atoms with E-state index >= 15 is 0 Å². The van der Waals surface area contributed by atoms with Crippen LogP contribution >= 0.6 is 0 Å². The van der Waals surface area contributed by atoms with Crippen LogP contribution in [0.25, 0.3) is 6.08 Å². The van der Waals surface area contributed by atoms with Crippen molar-refractivity contribution in [2.45, 2.75) is 6.92 Å². The molecule has 3 rings (SSSR count). The summed E-state index contributed by atoms with van der Waals surface area (Å²) in [6.45, 7) is 2.07. The molecule has 23 heavy (non-hydrogen) atoms. The SMILES string of the molecule is Cc1ccccc1NC(=O)C(C#N)=Cc1ccc2c(c1)OCO2. The molecule has 0 aliphatic carbocycles.